The van der Waals surface area contributed by atoms with Crippen molar-refractivity contribution in [3.63, 3.8) is 0 Å². The van der Waals surface area contributed by atoms with E-state index in [1.54, 1.807) is 17.5 Å². The number of nitrogens with one attached hydrogen (secondary N) is 2. The monoisotopic (exact) mass is 336 g/mol. The summed E-state index contributed by atoms with van der Waals surface area (Å²) in [6, 6.07) is 5.30. The first-order valence-corrected chi connectivity index (χ1v) is 8.82. The molecule has 116 valence electrons. The topological polar surface area (TPSA) is 67.4 Å². The molecular formula is C15H16N2O3S2. The molecule has 3 heterocycles. The Balaban J connectivity index is 1.61. The second-order valence-electron chi connectivity index (χ2n) is 4.94. The van der Waals surface area contributed by atoms with Gasteiger partial charge >= 0.3 is 0 Å². The zero-order chi connectivity index (χ0) is 15.4. The molecule has 0 aliphatic carbocycles. The third-order valence-corrected chi connectivity index (χ3v) is 5.09. The summed E-state index contributed by atoms with van der Waals surface area (Å²) in [5.41, 5.74) is 0.493. The first-order chi connectivity index (χ1) is 10.7. The van der Waals surface area contributed by atoms with Crippen molar-refractivity contribution in [3.05, 3.63) is 39.4 Å². The second kappa shape index (κ2) is 7.04. The van der Waals surface area contributed by atoms with Crippen molar-refractivity contribution < 1.29 is 14.3 Å². The minimum absolute atomic E-state index is 0.103. The number of carbonyl (C=O) groups excluding carboxylic acids is 2. The summed E-state index contributed by atoms with van der Waals surface area (Å²) in [5, 5.41) is 9.88. The number of carbonyl (C=O) groups is 2. The normalized spacial score (nSPS) is 17.4. The summed E-state index contributed by atoms with van der Waals surface area (Å²) in [6.45, 7) is 1.27. The van der Waals surface area contributed by atoms with Gasteiger partial charge in [0.15, 0.2) is 0 Å². The van der Waals surface area contributed by atoms with E-state index < -0.39 is 0 Å². The van der Waals surface area contributed by atoms with E-state index in [1.807, 2.05) is 11.4 Å². The van der Waals surface area contributed by atoms with Crippen molar-refractivity contribution in [1.82, 2.24) is 5.32 Å². The van der Waals surface area contributed by atoms with Gasteiger partial charge in [0.1, 0.15) is 5.00 Å². The summed E-state index contributed by atoms with van der Waals surface area (Å²) < 4.78 is 5.48. The zero-order valence-electron chi connectivity index (χ0n) is 11.8. The van der Waals surface area contributed by atoms with Gasteiger partial charge in [-0.05, 0) is 35.7 Å². The maximum Gasteiger partial charge on any atom is 0.266 e. The van der Waals surface area contributed by atoms with E-state index in [2.05, 4.69) is 10.6 Å². The second-order valence-corrected chi connectivity index (χ2v) is 6.80. The maximum atomic E-state index is 12.2. The molecular weight excluding hydrogens is 320 g/mol. The van der Waals surface area contributed by atoms with Crippen LogP contribution in [-0.4, -0.2) is 31.1 Å². The molecule has 22 heavy (non-hydrogen) atoms. The molecule has 1 atom stereocenters. The van der Waals surface area contributed by atoms with E-state index in [1.165, 1.54) is 22.7 Å². The SMILES string of the molecule is O=C(Nc1sccc1C(=O)NC[C@H]1CCCO1)c1cccs1. The van der Waals surface area contributed by atoms with Gasteiger partial charge in [0.25, 0.3) is 11.8 Å². The van der Waals surface area contributed by atoms with Gasteiger partial charge in [-0.25, -0.2) is 0 Å². The highest BCUT2D eigenvalue weighted by atomic mass is 32.1. The number of thiophene rings is 2. The zero-order valence-corrected chi connectivity index (χ0v) is 13.5. The first kappa shape index (κ1) is 15.2. The van der Waals surface area contributed by atoms with E-state index in [-0.39, 0.29) is 17.9 Å². The van der Waals surface area contributed by atoms with Crippen molar-refractivity contribution in [2.45, 2.75) is 18.9 Å². The summed E-state index contributed by atoms with van der Waals surface area (Å²) in [5.74, 6) is -0.371. The molecule has 2 aromatic rings. The summed E-state index contributed by atoms with van der Waals surface area (Å²) >= 11 is 2.71. The third kappa shape index (κ3) is 3.55. The Kier molecular flexibility index (Phi) is 4.87. The predicted octanol–water partition coefficient (Wildman–Crippen LogP) is 2.97. The molecule has 1 saturated heterocycles. The van der Waals surface area contributed by atoms with Gasteiger partial charge in [0, 0.05) is 13.2 Å². The average molecular weight is 336 g/mol. The number of amides is 2. The Labute approximate surface area is 136 Å². The number of ether oxygens (including phenoxy) is 1. The molecule has 0 aromatic carbocycles. The molecule has 7 heteroatoms. The van der Waals surface area contributed by atoms with Crippen LogP contribution in [0.4, 0.5) is 5.00 Å². The molecule has 5 nitrogen and oxygen atoms in total. The van der Waals surface area contributed by atoms with Crippen molar-refractivity contribution in [3.8, 4) is 0 Å². The molecule has 1 aliphatic rings. The maximum absolute atomic E-state index is 12.2. The van der Waals surface area contributed by atoms with Gasteiger partial charge in [0.2, 0.25) is 0 Å². The van der Waals surface area contributed by atoms with Crippen molar-refractivity contribution in [2.75, 3.05) is 18.5 Å². The van der Waals surface area contributed by atoms with Crippen LogP contribution in [0, 0.1) is 0 Å². The Hall–Kier alpha value is -1.70. The Morgan fingerprint density at radius 1 is 1.23 bits per heavy atom. The fraction of sp³-hybridized carbons (Fsp3) is 0.333. The number of hydrogen-bond donors (Lipinski definition) is 2. The minimum atomic E-state index is -0.189. The van der Waals surface area contributed by atoms with Crippen LogP contribution < -0.4 is 10.6 Å². The number of rotatable bonds is 5. The van der Waals surface area contributed by atoms with E-state index in [0.29, 0.717) is 22.0 Å². The standard InChI is InChI=1S/C15H16N2O3S2/c18-13(16-9-10-3-1-6-20-10)11-5-8-22-15(11)17-14(19)12-4-2-7-21-12/h2,4-5,7-8,10H,1,3,6,9H2,(H,16,18)(H,17,19)/t10-/m1/s1. The number of anilines is 1. The van der Waals surface area contributed by atoms with Gasteiger partial charge < -0.3 is 15.4 Å². The Bertz CT molecular complexity index is 646. The highest BCUT2D eigenvalue weighted by Gasteiger charge is 2.19. The van der Waals surface area contributed by atoms with E-state index >= 15 is 0 Å². The van der Waals surface area contributed by atoms with Crippen molar-refractivity contribution in [1.29, 1.82) is 0 Å². The van der Waals surface area contributed by atoms with E-state index in [9.17, 15) is 9.59 Å². The molecule has 1 aliphatic heterocycles. The molecule has 0 bridgehead atoms. The lowest BCUT2D eigenvalue weighted by atomic mass is 10.2. The van der Waals surface area contributed by atoms with Gasteiger partial charge in [0.05, 0.1) is 16.5 Å². The largest absolute Gasteiger partial charge is 0.376 e. The molecule has 3 rings (SSSR count). The summed E-state index contributed by atoms with van der Waals surface area (Å²) in [6.07, 6.45) is 2.12. The lowest BCUT2D eigenvalue weighted by molar-refractivity contribution is 0.0859. The Morgan fingerprint density at radius 3 is 2.86 bits per heavy atom. The molecule has 0 spiro atoms. The average Bonchev–Trinajstić information content (AvgIpc) is 3.25. The molecule has 0 radical (unpaired) electrons. The van der Waals surface area contributed by atoms with Crippen LogP contribution in [0.3, 0.4) is 0 Å². The van der Waals surface area contributed by atoms with Gasteiger partial charge in [-0.3, -0.25) is 9.59 Å². The van der Waals surface area contributed by atoms with Crippen molar-refractivity contribution >= 4 is 39.5 Å². The van der Waals surface area contributed by atoms with E-state index in [0.717, 1.165) is 19.4 Å². The van der Waals surface area contributed by atoms with Crippen LogP contribution in [0.2, 0.25) is 0 Å². The molecule has 0 saturated carbocycles. The number of hydrogen-bond acceptors (Lipinski definition) is 5. The fourth-order valence-corrected chi connectivity index (χ4v) is 3.66. The predicted molar refractivity (Wildman–Crippen MR) is 87.9 cm³/mol. The molecule has 2 N–H and O–H groups in total. The fourth-order valence-electron chi connectivity index (χ4n) is 2.26. The smallest absolute Gasteiger partial charge is 0.266 e. The highest BCUT2D eigenvalue weighted by molar-refractivity contribution is 7.15. The summed E-state index contributed by atoms with van der Waals surface area (Å²) in [4.78, 5) is 24.9. The van der Waals surface area contributed by atoms with Crippen LogP contribution in [0.25, 0.3) is 0 Å². The van der Waals surface area contributed by atoms with Gasteiger partial charge in [-0.2, -0.15) is 0 Å². The Morgan fingerprint density at radius 2 is 2.14 bits per heavy atom. The quantitative estimate of drug-likeness (QED) is 0.882. The van der Waals surface area contributed by atoms with Crippen LogP contribution in [0.1, 0.15) is 32.9 Å². The minimum Gasteiger partial charge on any atom is -0.376 e. The van der Waals surface area contributed by atoms with Crippen LogP contribution in [0.15, 0.2) is 29.0 Å². The van der Waals surface area contributed by atoms with Gasteiger partial charge in [-0.15, -0.1) is 22.7 Å². The molecule has 2 amide bonds. The first-order valence-electron chi connectivity index (χ1n) is 7.06. The highest BCUT2D eigenvalue weighted by Crippen LogP contribution is 2.24. The lowest BCUT2D eigenvalue weighted by Crippen LogP contribution is -2.32. The van der Waals surface area contributed by atoms with Crippen molar-refractivity contribution in [2.24, 2.45) is 0 Å². The third-order valence-electron chi connectivity index (χ3n) is 3.40. The molecule has 2 aromatic heterocycles. The van der Waals surface area contributed by atoms with E-state index in [4.69, 9.17) is 4.74 Å². The van der Waals surface area contributed by atoms with Crippen LogP contribution >= 0.6 is 22.7 Å². The summed E-state index contributed by atoms with van der Waals surface area (Å²) in [7, 11) is 0. The molecule has 1 fully saturated rings. The molecule has 0 unspecified atom stereocenters. The van der Waals surface area contributed by atoms with Gasteiger partial charge in [-0.1, -0.05) is 6.07 Å². The lowest BCUT2D eigenvalue weighted by Gasteiger charge is -2.11. The van der Waals surface area contributed by atoms with Crippen LogP contribution in [0.5, 0.6) is 0 Å². The van der Waals surface area contributed by atoms with Crippen LogP contribution in [-0.2, 0) is 4.74 Å².